The Balaban J connectivity index is 0.00000261. The Labute approximate surface area is 168 Å². The van der Waals surface area contributed by atoms with Crippen LogP contribution in [0.15, 0.2) is 0 Å². The second kappa shape index (κ2) is 11.1. The van der Waals surface area contributed by atoms with Crippen LogP contribution in [0, 0.1) is 5.92 Å². The average Bonchev–Trinajstić information content (AvgIpc) is 3.22. The zero-order valence-corrected chi connectivity index (χ0v) is 17.1. The van der Waals surface area contributed by atoms with Gasteiger partial charge in [-0.2, -0.15) is 0 Å². The summed E-state index contributed by atoms with van der Waals surface area (Å²) in [5.41, 5.74) is 5.50. The predicted molar refractivity (Wildman–Crippen MR) is 107 cm³/mol. The summed E-state index contributed by atoms with van der Waals surface area (Å²) in [5.74, 6) is 0.189. The normalized spacial score (nSPS) is 24.0. The molecule has 3 heterocycles. The summed E-state index contributed by atoms with van der Waals surface area (Å²) in [6.07, 6.45) is 6.98. The van der Waals surface area contributed by atoms with Crippen LogP contribution in [-0.4, -0.2) is 85.2 Å². The molecular formula is C19H35ClN4O3. The lowest BCUT2D eigenvalue weighted by atomic mass is 9.95. The van der Waals surface area contributed by atoms with Crippen LogP contribution in [0.2, 0.25) is 0 Å². The first-order chi connectivity index (χ1) is 12.7. The predicted octanol–water partition coefficient (Wildman–Crippen LogP) is 1.69. The molecular weight excluding hydrogens is 368 g/mol. The first-order valence-electron chi connectivity index (χ1n) is 10.3. The second-order valence-corrected chi connectivity index (χ2v) is 7.80. The number of ether oxygens (including phenoxy) is 1. The Bertz CT molecular complexity index is 480. The molecule has 0 radical (unpaired) electrons. The Hall–Kier alpha value is -1.05. The van der Waals surface area contributed by atoms with Crippen molar-refractivity contribution in [3.8, 4) is 0 Å². The van der Waals surface area contributed by atoms with Gasteiger partial charge in [0.1, 0.15) is 0 Å². The molecule has 1 atom stereocenters. The topological polar surface area (TPSA) is 79.1 Å². The standard InChI is InChI=1S/C19H34N4O3.ClH/c20-8-4-14-26-17-6-12-21(13-7-17)18(24)16-5-3-11-23(15-16)19(25)22-9-1-2-10-22;/h16-17H,1-15,20H2;1H. The number of amides is 3. The Morgan fingerprint density at radius 2 is 1.56 bits per heavy atom. The van der Waals surface area contributed by atoms with E-state index < -0.39 is 0 Å². The Morgan fingerprint density at radius 1 is 0.889 bits per heavy atom. The largest absolute Gasteiger partial charge is 0.378 e. The number of likely N-dealkylation sites (tertiary alicyclic amines) is 3. The molecule has 1 unspecified atom stereocenters. The number of halogens is 1. The minimum atomic E-state index is -0.0370. The molecule has 0 aromatic heterocycles. The van der Waals surface area contributed by atoms with Crippen molar-refractivity contribution in [3.05, 3.63) is 0 Å². The lowest BCUT2D eigenvalue weighted by Gasteiger charge is -2.38. The molecule has 0 bridgehead atoms. The van der Waals surface area contributed by atoms with Gasteiger partial charge in [0.25, 0.3) is 0 Å². The van der Waals surface area contributed by atoms with Crippen molar-refractivity contribution in [3.63, 3.8) is 0 Å². The van der Waals surface area contributed by atoms with Gasteiger partial charge in [0.15, 0.2) is 0 Å². The van der Waals surface area contributed by atoms with Crippen LogP contribution in [-0.2, 0) is 9.53 Å². The number of rotatable bonds is 5. The fourth-order valence-electron chi connectivity index (χ4n) is 4.30. The van der Waals surface area contributed by atoms with Crippen LogP contribution in [0.25, 0.3) is 0 Å². The highest BCUT2D eigenvalue weighted by atomic mass is 35.5. The molecule has 0 aromatic carbocycles. The van der Waals surface area contributed by atoms with E-state index in [-0.39, 0.29) is 36.4 Å². The van der Waals surface area contributed by atoms with Crippen LogP contribution in [0.3, 0.4) is 0 Å². The van der Waals surface area contributed by atoms with E-state index in [1.54, 1.807) is 0 Å². The molecule has 3 rings (SSSR count). The molecule has 8 heteroatoms. The average molecular weight is 403 g/mol. The number of piperidine rings is 2. The van der Waals surface area contributed by atoms with Gasteiger partial charge in [-0.15, -0.1) is 12.4 Å². The molecule has 3 aliphatic rings. The summed E-state index contributed by atoms with van der Waals surface area (Å²) < 4.78 is 5.83. The first kappa shape index (κ1) is 22.2. The van der Waals surface area contributed by atoms with Gasteiger partial charge in [-0.3, -0.25) is 4.79 Å². The zero-order chi connectivity index (χ0) is 18.4. The number of carbonyl (C=O) groups is 2. The maximum Gasteiger partial charge on any atom is 0.320 e. The van der Waals surface area contributed by atoms with Crippen LogP contribution < -0.4 is 5.73 Å². The molecule has 3 fully saturated rings. The molecule has 3 saturated heterocycles. The van der Waals surface area contributed by atoms with E-state index in [1.807, 2.05) is 14.7 Å². The van der Waals surface area contributed by atoms with Crippen molar-refractivity contribution in [2.45, 2.75) is 51.0 Å². The first-order valence-corrected chi connectivity index (χ1v) is 10.3. The van der Waals surface area contributed by atoms with Crippen LogP contribution >= 0.6 is 12.4 Å². The maximum atomic E-state index is 12.9. The summed E-state index contributed by atoms with van der Waals surface area (Å²) in [6.45, 7) is 6.01. The van der Waals surface area contributed by atoms with Gasteiger partial charge < -0.3 is 25.2 Å². The number of nitrogens with two attached hydrogens (primary N) is 1. The van der Waals surface area contributed by atoms with Crippen molar-refractivity contribution in [1.82, 2.24) is 14.7 Å². The van der Waals surface area contributed by atoms with Gasteiger partial charge in [-0.05, 0) is 51.5 Å². The number of nitrogens with zero attached hydrogens (tertiary/aromatic N) is 3. The number of urea groups is 1. The molecule has 3 amide bonds. The summed E-state index contributed by atoms with van der Waals surface area (Å²) in [5, 5.41) is 0. The van der Waals surface area contributed by atoms with Gasteiger partial charge in [-0.1, -0.05) is 0 Å². The van der Waals surface area contributed by atoms with E-state index >= 15 is 0 Å². The second-order valence-electron chi connectivity index (χ2n) is 7.80. The van der Waals surface area contributed by atoms with Gasteiger partial charge in [0.05, 0.1) is 12.0 Å². The van der Waals surface area contributed by atoms with Crippen LogP contribution in [0.4, 0.5) is 4.79 Å². The molecule has 0 aliphatic carbocycles. The number of hydrogen-bond acceptors (Lipinski definition) is 4. The monoisotopic (exact) mass is 402 g/mol. The van der Waals surface area contributed by atoms with Crippen molar-refractivity contribution < 1.29 is 14.3 Å². The molecule has 156 valence electrons. The smallest absolute Gasteiger partial charge is 0.320 e. The highest BCUT2D eigenvalue weighted by Crippen LogP contribution is 2.23. The van der Waals surface area contributed by atoms with Crippen LogP contribution in [0.1, 0.15) is 44.9 Å². The Kier molecular flexibility index (Phi) is 9.12. The van der Waals surface area contributed by atoms with E-state index in [1.165, 1.54) is 0 Å². The summed E-state index contributed by atoms with van der Waals surface area (Å²) in [6, 6.07) is 0.131. The molecule has 27 heavy (non-hydrogen) atoms. The third-order valence-corrected chi connectivity index (χ3v) is 5.87. The van der Waals surface area contributed by atoms with Gasteiger partial charge in [0.2, 0.25) is 5.91 Å². The van der Waals surface area contributed by atoms with E-state index in [0.717, 1.165) is 77.7 Å². The minimum Gasteiger partial charge on any atom is -0.378 e. The fraction of sp³-hybridized carbons (Fsp3) is 0.895. The Morgan fingerprint density at radius 3 is 2.22 bits per heavy atom. The maximum absolute atomic E-state index is 12.9. The highest BCUT2D eigenvalue weighted by molar-refractivity contribution is 5.85. The molecule has 2 N–H and O–H groups in total. The van der Waals surface area contributed by atoms with E-state index in [4.69, 9.17) is 10.5 Å². The van der Waals surface area contributed by atoms with Crippen molar-refractivity contribution in [2.24, 2.45) is 11.7 Å². The highest BCUT2D eigenvalue weighted by Gasteiger charge is 2.34. The van der Waals surface area contributed by atoms with E-state index in [9.17, 15) is 9.59 Å². The van der Waals surface area contributed by atoms with Crippen LogP contribution in [0.5, 0.6) is 0 Å². The lowest BCUT2D eigenvalue weighted by molar-refractivity contribution is -0.139. The third-order valence-electron chi connectivity index (χ3n) is 5.87. The van der Waals surface area contributed by atoms with Gasteiger partial charge in [-0.25, -0.2) is 4.79 Å². The van der Waals surface area contributed by atoms with Crippen molar-refractivity contribution in [1.29, 1.82) is 0 Å². The van der Waals surface area contributed by atoms with E-state index in [2.05, 4.69) is 0 Å². The third kappa shape index (κ3) is 5.96. The zero-order valence-electron chi connectivity index (χ0n) is 16.3. The molecule has 0 saturated carbocycles. The molecule has 7 nitrogen and oxygen atoms in total. The quantitative estimate of drug-likeness (QED) is 0.710. The summed E-state index contributed by atoms with van der Waals surface area (Å²) in [4.78, 5) is 31.4. The fourth-order valence-corrected chi connectivity index (χ4v) is 4.30. The lowest BCUT2D eigenvalue weighted by Crippen LogP contribution is -2.51. The molecule has 3 aliphatic heterocycles. The van der Waals surface area contributed by atoms with Crippen molar-refractivity contribution >= 4 is 24.3 Å². The molecule has 0 aromatic rings. The number of hydrogen-bond donors (Lipinski definition) is 1. The number of carbonyl (C=O) groups excluding carboxylic acids is 2. The minimum absolute atomic E-state index is 0. The van der Waals surface area contributed by atoms with Gasteiger partial charge >= 0.3 is 6.03 Å². The summed E-state index contributed by atoms with van der Waals surface area (Å²) in [7, 11) is 0. The SMILES string of the molecule is Cl.NCCCOC1CCN(C(=O)C2CCCN(C(=O)N3CCCC3)C2)CC1. The molecule has 0 spiro atoms. The van der Waals surface area contributed by atoms with Crippen molar-refractivity contribution in [2.75, 3.05) is 52.4 Å². The van der Waals surface area contributed by atoms with Gasteiger partial charge in [0, 0.05) is 45.9 Å². The summed E-state index contributed by atoms with van der Waals surface area (Å²) >= 11 is 0. The van der Waals surface area contributed by atoms with E-state index in [0.29, 0.717) is 19.7 Å².